The number of aromatic nitrogens is 3. The first-order valence-corrected chi connectivity index (χ1v) is 7.50. The zero-order valence-electron chi connectivity index (χ0n) is 13.7. The maximum atomic E-state index is 13.7. The SMILES string of the molecule is Cn1c(=O)c(C(=O)Nc2ccc(F)cc2F)nn(-c2ccc(F)cc2)c1=O. The molecule has 1 aromatic heterocycles. The monoisotopic (exact) mass is 376 g/mol. The Morgan fingerprint density at radius 3 is 2.26 bits per heavy atom. The normalized spacial score (nSPS) is 10.7. The highest BCUT2D eigenvalue weighted by molar-refractivity contribution is 6.02. The summed E-state index contributed by atoms with van der Waals surface area (Å²) in [5.74, 6) is -3.55. The molecular weight excluding hydrogens is 365 g/mol. The molecule has 0 saturated heterocycles. The molecule has 0 aliphatic heterocycles. The van der Waals surface area contributed by atoms with Crippen LogP contribution in [-0.4, -0.2) is 20.3 Å². The molecular formula is C17H11F3N4O3. The molecule has 3 aromatic rings. The van der Waals surface area contributed by atoms with Gasteiger partial charge in [0.05, 0.1) is 11.4 Å². The van der Waals surface area contributed by atoms with Gasteiger partial charge in [0, 0.05) is 13.1 Å². The predicted molar refractivity (Wildman–Crippen MR) is 89.3 cm³/mol. The molecule has 7 nitrogen and oxygen atoms in total. The van der Waals surface area contributed by atoms with Gasteiger partial charge in [0.1, 0.15) is 17.5 Å². The molecule has 0 aliphatic rings. The molecule has 138 valence electrons. The third kappa shape index (κ3) is 3.50. The fourth-order valence-electron chi connectivity index (χ4n) is 2.24. The number of halogens is 3. The van der Waals surface area contributed by atoms with Crippen molar-refractivity contribution in [3.05, 3.63) is 86.4 Å². The van der Waals surface area contributed by atoms with Gasteiger partial charge in [-0.3, -0.25) is 14.2 Å². The summed E-state index contributed by atoms with van der Waals surface area (Å²) in [6.45, 7) is 0. The average Bonchev–Trinajstić information content (AvgIpc) is 2.63. The molecule has 1 N–H and O–H groups in total. The lowest BCUT2D eigenvalue weighted by atomic mass is 10.3. The summed E-state index contributed by atoms with van der Waals surface area (Å²) in [7, 11) is 1.13. The van der Waals surface area contributed by atoms with Crippen LogP contribution >= 0.6 is 0 Å². The standard InChI is InChI=1S/C17H11F3N4O3/c1-23-16(26)14(15(25)21-13-7-4-10(19)8-12(13)20)22-24(17(23)27)11-5-2-9(18)3-6-11/h2-8H,1H3,(H,21,25). The largest absolute Gasteiger partial charge is 0.351 e. The predicted octanol–water partition coefficient (Wildman–Crippen LogP) is 1.60. The lowest BCUT2D eigenvalue weighted by Crippen LogP contribution is -2.43. The van der Waals surface area contributed by atoms with Crippen molar-refractivity contribution in [2.24, 2.45) is 7.05 Å². The summed E-state index contributed by atoms with van der Waals surface area (Å²) in [6, 6.07) is 7.06. The van der Waals surface area contributed by atoms with Crippen LogP contribution in [-0.2, 0) is 7.05 Å². The van der Waals surface area contributed by atoms with Gasteiger partial charge < -0.3 is 5.32 Å². The molecule has 0 radical (unpaired) electrons. The van der Waals surface area contributed by atoms with Gasteiger partial charge in [-0.25, -0.2) is 18.0 Å². The number of amides is 1. The van der Waals surface area contributed by atoms with E-state index in [4.69, 9.17) is 0 Å². The van der Waals surface area contributed by atoms with Crippen molar-refractivity contribution in [3.8, 4) is 5.69 Å². The van der Waals surface area contributed by atoms with Gasteiger partial charge in [-0.1, -0.05) is 0 Å². The number of hydrogen-bond donors (Lipinski definition) is 1. The number of nitrogens with one attached hydrogen (secondary N) is 1. The van der Waals surface area contributed by atoms with Crippen LogP contribution in [0.4, 0.5) is 18.9 Å². The minimum Gasteiger partial charge on any atom is -0.318 e. The summed E-state index contributed by atoms with van der Waals surface area (Å²) < 4.78 is 41.1. The van der Waals surface area contributed by atoms with Crippen molar-refractivity contribution in [3.63, 3.8) is 0 Å². The third-order valence-corrected chi connectivity index (χ3v) is 3.64. The Morgan fingerprint density at radius 1 is 1.00 bits per heavy atom. The van der Waals surface area contributed by atoms with E-state index in [-0.39, 0.29) is 11.4 Å². The molecule has 0 unspecified atom stereocenters. The summed E-state index contributed by atoms with van der Waals surface area (Å²) >= 11 is 0. The van der Waals surface area contributed by atoms with E-state index in [9.17, 15) is 27.6 Å². The van der Waals surface area contributed by atoms with Gasteiger partial charge in [0.15, 0.2) is 0 Å². The third-order valence-electron chi connectivity index (χ3n) is 3.64. The molecule has 0 fully saturated rings. The van der Waals surface area contributed by atoms with Crippen LogP contribution in [0.2, 0.25) is 0 Å². The molecule has 0 saturated carbocycles. The second-order valence-electron chi connectivity index (χ2n) is 5.46. The molecule has 27 heavy (non-hydrogen) atoms. The van der Waals surface area contributed by atoms with Gasteiger partial charge in [0.2, 0.25) is 5.69 Å². The lowest BCUT2D eigenvalue weighted by molar-refractivity contribution is 0.101. The fourth-order valence-corrected chi connectivity index (χ4v) is 2.24. The number of rotatable bonds is 3. The van der Waals surface area contributed by atoms with Crippen LogP contribution in [0.25, 0.3) is 5.69 Å². The zero-order valence-corrected chi connectivity index (χ0v) is 13.7. The zero-order chi connectivity index (χ0) is 19.7. The first-order valence-electron chi connectivity index (χ1n) is 7.50. The van der Waals surface area contributed by atoms with E-state index in [1.165, 1.54) is 12.1 Å². The number of hydrogen-bond acceptors (Lipinski definition) is 4. The molecule has 10 heteroatoms. The summed E-state index contributed by atoms with van der Waals surface area (Å²) in [5, 5.41) is 5.81. The molecule has 2 aromatic carbocycles. The second-order valence-corrected chi connectivity index (χ2v) is 5.46. The number of carbonyl (C=O) groups is 1. The molecule has 1 amide bonds. The van der Waals surface area contributed by atoms with E-state index < -0.39 is 40.3 Å². The first kappa shape index (κ1) is 18.1. The molecule has 0 atom stereocenters. The van der Waals surface area contributed by atoms with Gasteiger partial charge in [-0.05, 0) is 36.4 Å². The van der Waals surface area contributed by atoms with Gasteiger partial charge in [0.25, 0.3) is 11.5 Å². The van der Waals surface area contributed by atoms with Crippen LogP contribution in [0.1, 0.15) is 10.5 Å². The number of nitrogens with zero attached hydrogens (tertiary/aromatic N) is 3. The first-order chi connectivity index (χ1) is 12.8. The van der Waals surface area contributed by atoms with E-state index in [2.05, 4.69) is 10.4 Å². The average molecular weight is 376 g/mol. The summed E-state index contributed by atoms with van der Waals surface area (Å²) in [5.41, 5.74) is -2.84. The fraction of sp³-hybridized carbons (Fsp3) is 0.0588. The quantitative estimate of drug-likeness (QED) is 0.752. The number of anilines is 1. The van der Waals surface area contributed by atoms with Crippen molar-refractivity contribution in [2.75, 3.05) is 5.32 Å². The van der Waals surface area contributed by atoms with Gasteiger partial charge >= 0.3 is 5.69 Å². The van der Waals surface area contributed by atoms with Crippen molar-refractivity contribution in [2.45, 2.75) is 0 Å². The van der Waals surface area contributed by atoms with Crippen LogP contribution < -0.4 is 16.6 Å². The van der Waals surface area contributed by atoms with Crippen molar-refractivity contribution < 1.29 is 18.0 Å². The minimum absolute atomic E-state index is 0.110. The Bertz CT molecular complexity index is 1150. The molecule has 0 spiro atoms. The van der Waals surface area contributed by atoms with Crippen molar-refractivity contribution in [1.29, 1.82) is 0 Å². The number of benzene rings is 2. The van der Waals surface area contributed by atoms with E-state index in [0.717, 1.165) is 36.0 Å². The van der Waals surface area contributed by atoms with Crippen LogP contribution in [0.3, 0.4) is 0 Å². The summed E-state index contributed by atoms with van der Waals surface area (Å²) in [4.78, 5) is 36.8. The Labute approximate surface area is 149 Å². The lowest BCUT2D eigenvalue weighted by Gasteiger charge is -2.10. The van der Waals surface area contributed by atoms with Gasteiger partial charge in [-0.2, -0.15) is 9.78 Å². The Kier molecular flexibility index (Phi) is 4.63. The van der Waals surface area contributed by atoms with E-state index in [0.29, 0.717) is 10.6 Å². The maximum absolute atomic E-state index is 13.7. The smallest absolute Gasteiger partial charge is 0.318 e. The van der Waals surface area contributed by atoms with Crippen LogP contribution in [0.5, 0.6) is 0 Å². The van der Waals surface area contributed by atoms with E-state index in [1.54, 1.807) is 0 Å². The van der Waals surface area contributed by atoms with Crippen LogP contribution in [0.15, 0.2) is 52.1 Å². The van der Waals surface area contributed by atoms with E-state index in [1.807, 2.05) is 0 Å². The summed E-state index contributed by atoms with van der Waals surface area (Å²) in [6.07, 6.45) is 0. The minimum atomic E-state index is -1.10. The van der Waals surface area contributed by atoms with E-state index >= 15 is 0 Å². The van der Waals surface area contributed by atoms with Crippen molar-refractivity contribution in [1.82, 2.24) is 14.3 Å². The number of carbonyl (C=O) groups excluding carboxylic acids is 1. The Hall–Kier alpha value is -3.69. The van der Waals surface area contributed by atoms with Gasteiger partial charge in [-0.15, -0.1) is 0 Å². The van der Waals surface area contributed by atoms with Crippen molar-refractivity contribution >= 4 is 11.6 Å². The second kappa shape index (κ2) is 6.90. The highest BCUT2D eigenvalue weighted by Gasteiger charge is 2.20. The molecule has 0 bridgehead atoms. The molecule has 3 rings (SSSR count). The maximum Gasteiger partial charge on any atom is 0.351 e. The highest BCUT2D eigenvalue weighted by Crippen LogP contribution is 2.15. The molecule has 1 heterocycles. The molecule has 0 aliphatic carbocycles. The topological polar surface area (TPSA) is 86.0 Å². The van der Waals surface area contributed by atoms with Crippen LogP contribution in [0, 0.1) is 17.5 Å². The highest BCUT2D eigenvalue weighted by atomic mass is 19.1. The Morgan fingerprint density at radius 2 is 1.63 bits per heavy atom. The Balaban J connectivity index is 2.07.